The van der Waals surface area contributed by atoms with Gasteiger partial charge in [0.15, 0.2) is 0 Å². The van der Waals surface area contributed by atoms with Crippen LogP contribution in [-0.4, -0.2) is 24.4 Å². The van der Waals surface area contributed by atoms with Crippen molar-refractivity contribution in [2.75, 3.05) is 6.61 Å². The van der Waals surface area contributed by atoms with E-state index in [1.165, 1.54) is 6.21 Å². The topological polar surface area (TPSA) is 61.0 Å². The van der Waals surface area contributed by atoms with Crippen LogP contribution in [0.1, 0.15) is 33.5 Å². The monoisotopic (exact) mass is 265 g/mol. The van der Waals surface area contributed by atoms with Gasteiger partial charge in [-0.1, -0.05) is 5.16 Å². The predicted molar refractivity (Wildman–Crippen MR) is 72.6 cm³/mol. The molecule has 5 heteroatoms. The van der Waals surface area contributed by atoms with Gasteiger partial charge in [0.25, 0.3) is 0 Å². The number of furan rings is 1. The van der Waals surface area contributed by atoms with Crippen LogP contribution in [0.3, 0.4) is 0 Å². The molecule has 0 fully saturated rings. The molecule has 5 nitrogen and oxygen atoms in total. The second kappa shape index (κ2) is 6.78. The average Bonchev–Trinajstić information content (AvgIpc) is 2.74. The zero-order valence-corrected chi connectivity index (χ0v) is 11.7. The fourth-order valence-corrected chi connectivity index (χ4v) is 1.22. The summed E-state index contributed by atoms with van der Waals surface area (Å²) in [5, 5.41) is 3.69. The maximum absolute atomic E-state index is 11.3. The summed E-state index contributed by atoms with van der Waals surface area (Å²) in [5.41, 5.74) is 0.332. The molecule has 0 aliphatic carbocycles. The Balaban J connectivity index is 2.33. The molecule has 0 aromatic carbocycles. The molecule has 0 unspecified atom stereocenters. The summed E-state index contributed by atoms with van der Waals surface area (Å²) in [6, 6.07) is 3.63. The van der Waals surface area contributed by atoms with Gasteiger partial charge in [0.1, 0.15) is 11.4 Å². The third-order valence-electron chi connectivity index (χ3n) is 1.85. The number of carbonyl (C=O) groups excluding carboxylic acids is 1. The van der Waals surface area contributed by atoms with E-state index in [1.54, 1.807) is 39.2 Å². The van der Waals surface area contributed by atoms with Crippen molar-refractivity contribution < 1.29 is 18.8 Å². The molecule has 1 heterocycles. The van der Waals surface area contributed by atoms with Crippen LogP contribution in [0.2, 0.25) is 0 Å². The van der Waals surface area contributed by atoms with Gasteiger partial charge in [-0.3, -0.25) is 0 Å². The lowest BCUT2D eigenvalue weighted by Gasteiger charge is -2.18. The fraction of sp³-hybridized carbons (Fsp3) is 0.429. The molecule has 1 aromatic rings. The van der Waals surface area contributed by atoms with Gasteiger partial charge in [-0.15, -0.1) is 0 Å². The van der Waals surface area contributed by atoms with Crippen LogP contribution in [0.5, 0.6) is 0 Å². The van der Waals surface area contributed by atoms with Crippen molar-refractivity contribution in [2.45, 2.75) is 33.3 Å². The summed E-state index contributed by atoms with van der Waals surface area (Å²) in [7, 11) is 0. The van der Waals surface area contributed by atoms with E-state index >= 15 is 0 Å². The third-order valence-corrected chi connectivity index (χ3v) is 1.85. The molecule has 1 aromatic heterocycles. The Morgan fingerprint density at radius 3 is 2.79 bits per heavy atom. The molecule has 19 heavy (non-hydrogen) atoms. The molecule has 0 radical (unpaired) electrons. The number of nitrogens with zero attached hydrogens (tertiary/aromatic N) is 1. The van der Waals surface area contributed by atoms with E-state index in [9.17, 15) is 4.79 Å². The van der Waals surface area contributed by atoms with Crippen LogP contribution in [-0.2, 0) is 14.4 Å². The lowest BCUT2D eigenvalue weighted by atomic mass is 10.2. The zero-order chi connectivity index (χ0) is 14.3. The highest BCUT2D eigenvalue weighted by Gasteiger charge is 2.16. The highest BCUT2D eigenvalue weighted by Crippen LogP contribution is 2.07. The van der Waals surface area contributed by atoms with E-state index < -0.39 is 11.6 Å². The van der Waals surface area contributed by atoms with Gasteiger partial charge in [0.2, 0.25) is 6.61 Å². The van der Waals surface area contributed by atoms with Crippen LogP contribution in [0.4, 0.5) is 0 Å². The number of oxime groups is 1. The van der Waals surface area contributed by atoms with Gasteiger partial charge in [-0.05, 0) is 51.5 Å². The van der Waals surface area contributed by atoms with Gasteiger partial charge in [-0.25, -0.2) is 4.79 Å². The van der Waals surface area contributed by atoms with E-state index in [-0.39, 0.29) is 6.61 Å². The van der Waals surface area contributed by atoms with Gasteiger partial charge < -0.3 is 14.0 Å². The maximum atomic E-state index is 11.3. The standard InChI is InChI=1S/C14H19NO4/c1-11(8-12-6-5-7-17-12)9-15-18-10-13(16)19-14(2,3)4/h5-9H,10H2,1-4H3/b11-8+,15-9+. The van der Waals surface area contributed by atoms with Crippen LogP contribution in [0, 0.1) is 0 Å². The van der Waals surface area contributed by atoms with E-state index in [1.807, 2.05) is 13.0 Å². The normalized spacial score (nSPS) is 12.7. The number of hydrogen-bond acceptors (Lipinski definition) is 5. The smallest absolute Gasteiger partial charge is 0.347 e. The van der Waals surface area contributed by atoms with Crippen LogP contribution in [0.15, 0.2) is 33.5 Å². The van der Waals surface area contributed by atoms with Crippen LogP contribution >= 0.6 is 0 Å². The summed E-state index contributed by atoms with van der Waals surface area (Å²) in [4.78, 5) is 16.2. The zero-order valence-electron chi connectivity index (χ0n) is 11.7. The minimum atomic E-state index is -0.515. The maximum Gasteiger partial charge on any atom is 0.347 e. The number of allylic oxidation sites excluding steroid dienone is 1. The molecule has 0 aliphatic heterocycles. The van der Waals surface area contributed by atoms with E-state index in [4.69, 9.17) is 14.0 Å². The van der Waals surface area contributed by atoms with Crippen LogP contribution < -0.4 is 0 Å². The Bertz CT molecular complexity index is 452. The minimum Gasteiger partial charge on any atom is -0.465 e. The summed E-state index contributed by atoms with van der Waals surface area (Å²) in [6.45, 7) is 7.03. The second-order valence-electron chi connectivity index (χ2n) is 5.00. The highest BCUT2D eigenvalue weighted by molar-refractivity contribution is 5.83. The summed E-state index contributed by atoms with van der Waals surface area (Å²) in [6.07, 6.45) is 4.91. The predicted octanol–water partition coefficient (Wildman–Crippen LogP) is 3.03. The first-order chi connectivity index (χ1) is 8.87. The lowest BCUT2D eigenvalue weighted by molar-refractivity contribution is -0.160. The van der Waals surface area contributed by atoms with Crippen molar-refractivity contribution >= 4 is 18.3 Å². The minimum absolute atomic E-state index is 0.207. The molecule has 0 amide bonds. The SMILES string of the molecule is CC(/C=N/OCC(=O)OC(C)(C)C)=C\c1ccco1. The molecule has 0 aliphatic rings. The first-order valence-electron chi connectivity index (χ1n) is 5.96. The first kappa shape index (κ1) is 15.0. The molecule has 0 saturated heterocycles. The third kappa shape index (κ3) is 7.08. The highest BCUT2D eigenvalue weighted by atomic mass is 16.7. The van der Waals surface area contributed by atoms with Gasteiger partial charge in [0.05, 0.1) is 12.5 Å². The van der Waals surface area contributed by atoms with E-state index in [0.717, 1.165) is 11.3 Å². The number of carbonyl (C=O) groups is 1. The van der Waals surface area contributed by atoms with Crippen molar-refractivity contribution in [1.29, 1.82) is 0 Å². The first-order valence-corrected chi connectivity index (χ1v) is 5.96. The Hall–Kier alpha value is -2.04. The van der Waals surface area contributed by atoms with Crippen LogP contribution in [0.25, 0.3) is 6.08 Å². The molecule has 0 saturated carbocycles. The molecule has 0 bridgehead atoms. The summed E-state index contributed by atoms with van der Waals surface area (Å²) < 4.78 is 10.2. The van der Waals surface area contributed by atoms with Crippen molar-refractivity contribution in [3.8, 4) is 0 Å². The van der Waals surface area contributed by atoms with Gasteiger partial charge in [0, 0.05) is 0 Å². The van der Waals surface area contributed by atoms with Crippen molar-refractivity contribution in [3.05, 3.63) is 29.7 Å². The van der Waals surface area contributed by atoms with E-state index in [2.05, 4.69) is 5.16 Å². The van der Waals surface area contributed by atoms with Crippen molar-refractivity contribution in [3.63, 3.8) is 0 Å². The second-order valence-corrected chi connectivity index (χ2v) is 5.00. The molecule has 1 rings (SSSR count). The quantitative estimate of drug-likeness (QED) is 0.466. The fourth-order valence-electron chi connectivity index (χ4n) is 1.22. The average molecular weight is 265 g/mol. The Labute approximate surface area is 112 Å². The number of esters is 1. The number of hydrogen-bond donors (Lipinski definition) is 0. The molecule has 0 spiro atoms. The van der Waals surface area contributed by atoms with Crippen molar-refractivity contribution in [2.24, 2.45) is 5.16 Å². The summed E-state index contributed by atoms with van der Waals surface area (Å²) >= 11 is 0. The Kier molecular flexibility index (Phi) is 5.36. The van der Waals surface area contributed by atoms with Gasteiger partial charge >= 0.3 is 5.97 Å². The Morgan fingerprint density at radius 1 is 1.47 bits per heavy atom. The number of rotatable bonds is 5. The molecular weight excluding hydrogens is 246 g/mol. The lowest BCUT2D eigenvalue weighted by Crippen LogP contribution is -2.26. The largest absolute Gasteiger partial charge is 0.465 e. The van der Waals surface area contributed by atoms with Gasteiger partial charge in [-0.2, -0.15) is 0 Å². The molecular formula is C14H19NO4. The van der Waals surface area contributed by atoms with Crippen molar-refractivity contribution in [1.82, 2.24) is 0 Å². The Morgan fingerprint density at radius 2 is 2.21 bits per heavy atom. The van der Waals surface area contributed by atoms with E-state index in [0.29, 0.717) is 0 Å². The summed E-state index contributed by atoms with van der Waals surface area (Å²) in [5.74, 6) is 0.286. The number of ether oxygens (including phenoxy) is 1. The molecule has 0 N–H and O–H groups in total. The molecule has 0 atom stereocenters. The molecule has 104 valence electrons.